The predicted octanol–water partition coefficient (Wildman–Crippen LogP) is 6.12. The van der Waals surface area contributed by atoms with Gasteiger partial charge in [0.15, 0.2) is 5.82 Å². The van der Waals surface area contributed by atoms with Crippen LogP contribution < -0.4 is 10.2 Å². The Balaban J connectivity index is 1.07. The number of aromatic nitrogens is 4. The van der Waals surface area contributed by atoms with Gasteiger partial charge in [-0.2, -0.15) is 0 Å². The highest BCUT2D eigenvalue weighted by Crippen LogP contribution is 2.35. The largest absolute Gasteiger partial charge is 0.366 e. The summed E-state index contributed by atoms with van der Waals surface area (Å²) in [5.74, 6) is 0.575. The Bertz CT molecular complexity index is 1580. The first-order valence-corrected chi connectivity index (χ1v) is 13.9. The van der Waals surface area contributed by atoms with Crippen molar-refractivity contribution in [1.29, 1.82) is 0 Å². The summed E-state index contributed by atoms with van der Waals surface area (Å²) in [6, 6.07) is 32.0. The summed E-state index contributed by atoms with van der Waals surface area (Å²) >= 11 is 0. The number of hydrogen-bond donors (Lipinski definition) is 1. The first-order valence-electron chi connectivity index (χ1n) is 13.9. The Morgan fingerprint density at radius 1 is 0.725 bits per heavy atom. The van der Waals surface area contributed by atoms with Crippen LogP contribution >= 0.6 is 0 Å². The van der Waals surface area contributed by atoms with Crippen LogP contribution in [0.15, 0.2) is 103 Å². The minimum absolute atomic E-state index is 0.575. The minimum Gasteiger partial charge on any atom is -0.366 e. The summed E-state index contributed by atoms with van der Waals surface area (Å²) in [4.78, 5) is 14.3. The first kappa shape index (κ1) is 24.4. The van der Waals surface area contributed by atoms with E-state index in [9.17, 15) is 0 Å². The zero-order chi connectivity index (χ0) is 26.7. The van der Waals surface area contributed by atoms with Gasteiger partial charge in [0, 0.05) is 54.8 Å². The summed E-state index contributed by atoms with van der Waals surface area (Å²) in [5, 5.41) is 12.6. The van der Waals surface area contributed by atoms with E-state index in [-0.39, 0.29) is 0 Å². The third-order valence-corrected chi connectivity index (χ3v) is 7.94. The fourth-order valence-electron chi connectivity index (χ4n) is 5.81. The van der Waals surface area contributed by atoms with Gasteiger partial charge in [-0.3, -0.25) is 9.88 Å². The van der Waals surface area contributed by atoms with Gasteiger partial charge >= 0.3 is 0 Å². The van der Waals surface area contributed by atoms with Crippen molar-refractivity contribution in [3.63, 3.8) is 0 Å². The van der Waals surface area contributed by atoms with Crippen LogP contribution in [0.2, 0.25) is 0 Å². The van der Waals surface area contributed by atoms with E-state index in [2.05, 4.69) is 78.8 Å². The van der Waals surface area contributed by atoms with Gasteiger partial charge in [-0.05, 0) is 42.7 Å². The average Bonchev–Trinajstić information content (AvgIpc) is 3.47. The van der Waals surface area contributed by atoms with E-state index in [1.807, 2.05) is 42.5 Å². The molecule has 2 aromatic heterocycles. The first-order chi connectivity index (χ1) is 19.8. The number of fused-ring (bicyclic) bond motifs is 1. The van der Waals surface area contributed by atoms with Crippen molar-refractivity contribution in [3.8, 4) is 33.9 Å². The molecule has 0 bridgehead atoms. The lowest BCUT2D eigenvalue weighted by Crippen LogP contribution is -2.44. The fraction of sp³-hybridized carbons (Fsp3) is 0.212. The molecule has 0 unspecified atom stereocenters. The zero-order valence-electron chi connectivity index (χ0n) is 22.3. The minimum atomic E-state index is 0.575. The van der Waals surface area contributed by atoms with Gasteiger partial charge < -0.3 is 10.2 Å². The molecule has 2 aliphatic heterocycles. The van der Waals surface area contributed by atoms with E-state index in [1.54, 1.807) is 12.4 Å². The Morgan fingerprint density at radius 3 is 2.27 bits per heavy atom. The van der Waals surface area contributed by atoms with Crippen molar-refractivity contribution in [3.05, 3.63) is 109 Å². The number of benzene rings is 3. The number of hydrogen-bond acceptors (Lipinski definition) is 7. The molecule has 0 radical (unpaired) electrons. The van der Waals surface area contributed by atoms with Crippen LogP contribution in [0.3, 0.4) is 0 Å². The Labute approximate surface area is 234 Å². The van der Waals surface area contributed by atoms with E-state index < -0.39 is 0 Å². The Kier molecular flexibility index (Phi) is 6.63. The topological polar surface area (TPSA) is 70.1 Å². The number of nitrogens with zero attached hydrogens (tertiary/aromatic N) is 6. The third kappa shape index (κ3) is 4.92. The molecule has 40 heavy (non-hydrogen) atoms. The number of rotatable bonds is 6. The van der Waals surface area contributed by atoms with Gasteiger partial charge in [0.05, 0.1) is 18.0 Å². The maximum absolute atomic E-state index is 4.96. The van der Waals surface area contributed by atoms with Gasteiger partial charge in [-0.25, -0.2) is 4.98 Å². The second-order valence-electron chi connectivity index (χ2n) is 10.5. The number of nitrogens with one attached hydrogen (secondary N) is 1. The summed E-state index contributed by atoms with van der Waals surface area (Å²) < 4.78 is 0. The van der Waals surface area contributed by atoms with Crippen LogP contribution in [-0.4, -0.2) is 50.9 Å². The molecule has 7 heteroatoms. The average molecular weight is 526 g/mol. The number of pyridine rings is 1. The molecule has 1 N–H and O–H groups in total. The number of piperidine rings is 1. The molecule has 2 aliphatic rings. The maximum atomic E-state index is 4.96. The molecule has 4 heterocycles. The van der Waals surface area contributed by atoms with E-state index >= 15 is 0 Å². The molecular weight excluding hydrogens is 494 g/mol. The van der Waals surface area contributed by atoms with E-state index in [4.69, 9.17) is 4.98 Å². The second kappa shape index (κ2) is 10.9. The third-order valence-electron chi connectivity index (χ3n) is 7.94. The highest BCUT2D eigenvalue weighted by Gasteiger charge is 2.29. The van der Waals surface area contributed by atoms with Crippen LogP contribution in [0, 0.1) is 0 Å². The Morgan fingerprint density at radius 2 is 1.48 bits per heavy atom. The fourth-order valence-corrected chi connectivity index (χ4v) is 5.81. The summed E-state index contributed by atoms with van der Waals surface area (Å²) in [6.07, 6.45) is 5.88. The van der Waals surface area contributed by atoms with Crippen molar-refractivity contribution >= 4 is 11.4 Å². The van der Waals surface area contributed by atoms with Crippen LogP contribution in [0.25, 0.3) is 33.9 Å². The summed E-state index contributed by atoms with van der Waals surface area (Å²) in [5.41, 5.74) is 8.40. The van der Waals surface area contributed by atoms with E-state index in [1.165, 1.54) is 29.8 Å². The molecule has 0 spiro atoms. The molecule has 3 aromatic carbocycles. The van der Waals surface area contributed by atoms with Gasteiger partial charge in [0.1, 0.15) is 11.4 Å². The molecule has 198 valence electrons. The van der Waals surface area contributed by atoms with Crippen LogP contribution in [0.4, 0.5) is 11.4 Å². The monoisotopic (exact) mass is 525 g/mol. The van der Waals surface area contributed by atoms with Crippen molar-refractivity contribution in [2.24, 2.45) is 0 Å². The van der Waals surface area contributed by atoms with Crippen LogP contribution in [0.1, 0.15) is 18.4 Å². The standard InChI is InChI=1S/C33H31N7/c1-2-7-25(8-3-1)32-31(36-33(38-37-32)27-9-6-18-34-21-27)26-14-12-24(13-15-26)22-39-19-16-28(17-20-39)40-23-35-29-10-4-5-11-30(29)40/h1-15,18,21,28,35H,16-17,19-20,22-23H2. The predicted molar refractivity (Wildman–Crippen MR) is 160 cm³/mol. The normalized spacial score (nSPS) is 15.6. The van der Waals surface area contributed by atoms with Gasteiger partial charge in [-0.1, -0.05) is 66.7 Å². The van der Waals surface area contributed by atoms with E-state index in [0.717, 1.165) is 54.4 Å². The van der Waals surface area contributed by atoms with Gasteiger partial charge in [0.2, 0.25) is 0 Å². The SMILES string of the molecule is c1ccc(-c2nnc(-c3cccnc3)nc2-c2ccc(CN3CCC(N4CNc5ccccc54)CC3)cc2)cc1. The number of likely N-dealkylation sites (tertiary alicyclic amines) is 1. The van der Waals surface area contributed by atoms with Crippen molar-refractivity contribution < 1.29 is 0 Å². The second-order valence-corrected chi connectivity index (χ2v) is 10.5. The lowest BCUT2D eigenvalue weighted by atomic mass is 10.0. The highest BCUT2D eigenvalue weighted by atomic mass is 15.3. The lowest BCUT2D eigenvalue weighted by molar-refractivity contribution is 0.202. The molecule has 0 saturated carbocycles. The van der Waals surface area contributed by atoms with Crippen LogP contribution in [0.5, 0.6) is 0 Å². The van der Waals surface area contributed by atoms with Crippen molar-refractivity contribution in [2.45, 2.75) is 25.4 Å². The van der Waals surface area contributed by atoms with Crippen molar-refractivity contribution in [2.75, 3.05) is 30.0 Å². The Hall–Kier alpha value is -4.62. The smallest absolute Gasteiger partial charge is 0.183 e. The quantitative estimate of drug-likeness (QED) is 0.286. The summed E-state index contributed by atoms with van der Waals surface area (Å²) in [6.45, 7) is 4.08. The maximum Gasteiger partial charge on any atom is 0.183 e. The molecule has 7 rings (SSSR count). The molecule has 0 amide bonds. The molecule has 5 aromatic rings. The molecule has 0 aliphatic carbocycles. The lowest BCUT2D eigenvalue weighted by Gasteiger charge is -2.37. The molecule has 1 fully saturated rings. The van der Waals surface area contributed by atoms with Crippen LogP contribution in [-0.2, 0) is 6.54 Å². The van der Waals surface area contributed by atoms with Gasteiger partial charge in [0.25, 0.3) is 0 Å². The molecule has 1 saturated heterocycles. The van der Waals surface area contributed by atoms with Gasteiger partial charge in [-0.15, -0.1) is 10.2 Å². The molecule has 7 nitrogen and oxygen atoms in total. The van der Waals surface area contributed by atoms with E-state index in [0.29, 0.717) is 11.9 Å². The zero-order valence-corrected chi connectivity index (χ0v) is 22.3. The molecular formula is C33H31N7. The molecule has 0 atom stereocenters. The highest BCUT2D eigenvalue weighted by molar-refractivity contribution is 5.79. The number of para-hydroxylation sites is 2. The number of anilines is 2. The van der Waals surface area contributed by atoms with Crippen molar-refractivity contribution in [1.82, 2.24) is 25.1 Å². The summed E-state index contributed by atoms with van der Waals surface area (Å²) in [7, 11) is 0.